The molecule has 2 aromatic carbocycles. The normalized spacial score (nSPS) is 11.2. The second kappa shape index (κ2) is 8.82. The van der Waals surface area contributed by atoms with E-state index in [0.717, 1.165) is 11.4 Å². The van der Waals surface area contributed by atoms with Crippen molar-refractivity contribution in [1.82, 2.24) is 9.55 Å². The fourth-order valence-corrected chi connectivity index (χ4v) is 2.72. The maximum Gasteiger partial charge on any atom is 0.262 e. The lowest BCUT2D eigenvalue weighted by molar-refractivity contribution is -0.118. The highest BCUT2D eigenvalue weighted by atomic mass is 16.5. The number of amides is 1. The van der Waals surface area contributed by atoms with E-state index in [1.54, 1.807) is 18.3 Å². The van der Waals surface area contributed by atoms with Crippen LogP contribution in [0.2, 0.25) is 0 Å². The molecule has 3 aromatic rings. The van der Waals surface area contributed by atoms with E-state index in [9.17, 15) is 4.79 Å². The van der Waals surface area contributed by atoms with Crippen molar-refractivity contribution in [3.8, 4) is 11.5 Å². The van der Waals surface area contributed by atoms with Crippen LogP contribution in [0.1, 0.15) is 32.2 Å². The summed E-state index contributed by atoms with van der Waals surface area (Å²) in [5.74, 6) is 2.02. The Labute approximate surface area is 171 Å². The minimum absolute atomic E-state index is 0.0295. The van der Waals surface area contributed by atoms with Crippen LogP contribution in [0.5, 0.6) is 11.5 Å². The van der Waals surface area contributed by atoms with E-state index in [4.69, 9.17) is 9.47 Å². The predicted octanol–water partition coefficient (Wildman–Crippen LogP) is 4.31. The molecular formula is C23H27N3O3. The molecule has 0 aliphatic heterocycles. The molecule has 3 rings (SSSR count). The van der Waals surface area contributed by atoms with Gasteiger partial charge in [-0.3, -0.25) is 4.79 Å². The summed E-state index contributed by atoms with van der Waals surface area (Å²) < 4.78 is 13.3. The van der Waals surface area contributed by atoms with Crippen molar-refractivity contribution in [2.24, 2.45) is 7.05 Å². The molecule has 6 nitrogen and oxygen atoms in total. The number of nitrogens with zero attached hydrogens (tertiary/aromatic N) is 2. The van der Waals surface area contributed by atoms with Gasteiger partial charge in [0.2, 0.25) is 0 Å². The van der Waals surface area contributed by atoms with Gasteiger partial charge < -0.3 is 19.4 Å². The molecule has 0 radical (unpaired) electrons. The maximum absolute atomic E-state index is 12.2. The number of hydrogen-bond donors (Lipinski definition) is 1. The number of ether oxygens (including phenoxy) is 2. The third kappa shape index (κ3) is 5.85. The average molecular weight is 393 g/mol. The molecule has 1 amide bonds. The van der Waals surface area contributed by atoms with Gasteiger partial charge in [0.1, 0.15) is 23.9 Å². The summed E-state index contributed by atoms with van der Waals surface area (Å²) in [6.45, 7) is 6.76. The van der Waals surface area contributed by atoms with Crippen molar-refractivity contribution in [3.63, 3.8) is 0 Å². The molecular weight excluding hydrogens is 366 g/mol. The first-order chi connectivity index (χ1) is 13.8. The second-order valence-corrected chi connectivity index (χ2v) is 7.88. The molecule has 1 N–H and O–H groups in total. The van der Waals surface area contributed by atoms with Crippen LogP contribution in [-0.4, -0.2) is 22.1 Å². The number of carbonyl (C=O) groups excluding carboxylic acids is 1. The SMILES string of the molecule is Cn1ccnc1COc1ccc(NC(=O)COc2cccc(C(C)(C)C)c2)cc1. The highest BCUT2D eigenvalue weighted by Gasteiger charge is 2.14. The largest absolute Gasteiger partial charge is 0.486 e. The Morgan fingerprint density at radius 2 is 1.83 bits per heavy atom. The molecule has 0 atom stereocenters. The fraction of sp³-hybridized carbons (Fsp3) is 0.304. The molecule has 6 heteroatoms. The Bertz CT molecular complexity index is 956. The fourth-order valence-electron chi connectivity index (χ4n) is 2.72. The summed E-state index contributed by atoms with van der Waals surface area (Å²) in [5, 5.41) is 2.83. The van der Waals surface area contributed by atoms with Gasteiger partial charge >= 0.3 is 0 Å². The van der Waals surface area contributed by atoms with E-state index >= 15 is 0 Å². The Kier molecular flexibility index (Phi) is 6.22. The van der Waals surface area contributed by atoms with Crippen molar-refractivity contribution >= 4 is 11.6 Å². The molecule has 0 unspecified atom stereocenters. The standard InChI is InChI=1S/C23H27N3O3/c1-23(2,3)17-6-5-7-20(14-17)29-16-22(27)25-18-8-10-19(11-9-18)28-15-21-24-12-13-26(21)4/h5-14H,15-16H2,1-4H3,(H,25,27). The van der Waals surface area contributed by atoms with E-state index < -0.39 is 0 Å². The first-order valence-corrected chi connectivity index (χ1v) is 9.53. The van der Waals surface area contributed by atoms with Crippen molar-refractivity contribution in [2.75, 3.05) is 11.9 Å². The second-order valence-electron chi connectivity index (χ2n) is 7.88. The number of anilines is 1. The molecule has 0 bridgehead atoms. The van der Waals surface area contributed by atoms with Crippen LogP contribution < -0.4 is 14.8 Å². The zero-order chi connectivity index (χ0) is 20.9. The summed E-state index contributed by atoms with van der Waals surface area (Å²) in [5.41, 5.74) is 1.88. The molecule has 1 aromatic heterocycles. The quantitative estimate of drug-likeness (QED) is 0.649. The molecule has 0 spiro atoms. The van der Waals surface area contributed by atoms with Gasteiger partial charge in [0.15, 0.2) is 6.61 Å². The Balaban J connectivity index is 1.49. The van der Waals surface area contributed by atoms with Gasteiger partial charge in [-0.25, -0.2) is 4.98 Å². The van der Waals surface area contributed by atoms with Crippen molar-refractivity contribution in [2.45, 2.75) is 32.8 Å². The zero-order valence-corrected chi connectivity index (χ0v) is 17.3. The first kappa shape index (κ1) is 20.5. The number of benzene rings is 2. The minimum Gasteiger partial charge on any atom is -0.486 e. The molecule has 0 saturated heterocycles. The smallest absolute Gasteiger partial charge is 0.262 e. The summed E-state index contributed by atoms with van der Waals surface area (Å²) in [4.78, 5) is 16.4. The summed E-state index contributed by atoms with van der Waals surface area (Å²) >= 11 is 0. The number of rotatable bonds is 7. The number of aromatic nitrogens is 2. The Hall–Kier alpha value is -3.28. The van der Waals surface area contributed by atoms with Crippen molar-refractivity contribution in [3.05, 3.63) is 72.3 Å². The highest BCUT2D eigenvalue weighted by Crippen LogP contribution is 2.25. The number of hydrogen-bond acceptors (Lipinski definition) is 4. The lowest BCUT2D eigenvalue weighted by Crippen LogP contribution is -2.20. The average Bonchev–Trinajstić information content (AvgIpc) is 3.10. The number of aryl methyl sites for hydroxylation is 1. The van der Waals surface area contributed by atoms with Crippen molar-refractivity contribution in [1.29, 1.82) is 0 Å². The van der Waals surface area contributed by atoms with E-state index in [-0.39, 0.29) is 17.9 Å². The molecule has 0 aliphatic carbocycles. The third-order valence-electron chi connectivity index (χ3n) is 4.50. The van der Waals surface area contributed by atoms with Crippen LogP contribution in [0.25, 0.3) is 0 Å². The summed E-state index contributed by atoms with van der Waals surface area (Å²) in [7, 11) is 1.92. The maximum atomic E-state index is 12.2. The third-order valence-corrected chi connectivity index (χ3v) is 4.50. The Morgan fingerprint density at radius 3 is 2.48 bits per heavy atom. The van der Waals surface area contributed by atoms with E-state index in [1.165, 1.54) is 0 Å². The lowest BCUT2D eigenvalue weighted by Gasteiger charge is -2.19. The topological polar surface area (TPSA) is 65.4 Å². The van der Waals surface area contributed by atoms with Gasteiger partial charge in [-0.1, -0.05) is 32.9 Å². The van der Waals surface area contributed by atoms with Gasteiger partial charge in [0, 0.05) is 25.1 Å². The van der Waals surface area contributed by atoms with Crippen LogP contribution >= 0.6 is 0 Å². The Morgan fingerprint density at radius 1 is 1.07 bits per heavy atom. The van der Waals surface area contributed by atoms with Crippen LogP contribution in [-0.2, 0) is 23.9 Å². The van der Waals surface area contributed by atoms with Gasteiger partial charge in [-0.05, 0) is 47.4 Å². The van der Waals surface area contributed by atoms with Gasteiger partial charge in [0.25, 0.3) is 5.91 Å². The lowest BCUT2D eigenvalue weighted by atomic mass is 9.87. The monoisotopic (exact) mass is 393 g/mol. The zero-order valence-electron chi connectivity index (χ0n) is 17.3. The van der Waals surface area contributed by atoms with E-state index in [1.807, 2.05) is 48.1 Å². The minimum atomic E-state index is -0.215. The van der Waals surface area contributed by atoms with Gasteiger partial charge in [-0.15, -0.1) is 0 Å². The molecule has 0 aliphatic rings. The predicted molar refractivity (Wildman–Crippen MR) is 113 cm³/mol. The molecule has 29 heavy (non-hydrogen) atoms. The van der Waals surface area contributed by atoms with Crippen LogP contribution in [0, 0.1) is 0 Å². The number of nitrogens with one attached hydrogen (secondary N) is 1. The summed E-state index contributed by atoms with van der Waals surface area (Å²) in [6.07, 6.45) is 3.61. The van der Waals surface area contributed by atoms with Gasteiger partial charge in [-0.2, -0.15) is 0 Å². The van der Waals surface area contributed by atoms with E-state index in [2.05, 4.69) is 37.1 Å². The molecule has 0 saturated carbocycles. The number of carbonyl (C=O) groups is 1. The highest BCUT2D eigenvalue weighted by molar-refractivity contribution is 5.91. The van der Waals surface area contributed by atoms with E-state index in [0.29, 0.717) is 23.8 Å². The molecule has 1 heterocycles. The van der Waals surface area contributed by atoms with Crippen LogP contribution in [0.4, 0.5) is 5.69 Å². The molecule has 0 fully saturated rings. The van der Waals surface area contributed by atoms with Crippen LogP contribution in [0.15, 0.2) is 60.9 Å². The van der Waals surface area contributed by atoms with Gasteiger partial charge in [0.05, 0.1) is 0 Å². The first-order valence-electron chi connectivity index (χ1n) is 9.53. The summed E-state index contributed by atoms with van der Waals surface area (Å²) in [6, 6.07) is 15.1. The van der Waals surface area contributed by atoms with Crippen molar-refractivity contribution < 1.29 is 14.3 Å². The van der Waals surface area contributed by atoms with Crippen LogP contribution in [0.3, 0.4) is 0 Å². The number of imidazole rings is 1. The molecule has 152 valence electrons.